The second kappa shape index (κ2) is 10.7. The number of hydrogen-bond donors (Lipinski definition) is 2. The Labute approximate surface area is 171 Å². The fourth-order valence-corrected chi connectivity index (χ4v) is 3.05. The Hall–Kier alpha value is -2.80. The molecule has 0 aromatic heterocycles. The zero-order chi connectivity index (χ0) is 20.5. The predicted molar refractivity (Wildman–Crippen MR) is 111 cm³/mol. The Morgan fingerprint density at radius 3 is 2.83 bits per heavy atom. The summed E-state index contributed by atoms with van der Waals surface area (Å²) in [6.07, 6.45) is 0.580. The number of halogens is 1. The molecule has 6 nitrogen and oxygen atoms in total. The SMILES string of the molecule is CCNC(=NCCc1cc(F)cc2c1OCOC2)NCCOc1ccc(C)cc1. The van der Waals surface area contributed by atoms with Crippen molar-refractivity contribution in [3.05, 3.63) is 58.9 Å². The molecule has 3 rings (SSSR count). The van der Waals surface area contributed by atoms with E-state index < -0.39 is 0 Å². The lowest BCUT2D eigenvalue weighted by Gasteiger charge is -2.20. The normalized spacial score (nSPS) is 13.4. The largest absolute Gasteiger partial charge is 0.492 e. The average Bonchev–Trinajstić information content (AvgIpc) is 2.72. The van der Waals surface area contributed by atoms with Crippen molar-refractivity contribution >= 4 is 5.96 Å². The van der Waals surface area contributed by atoms with E-state index in [1.165, 1.54) is 17.7 Å². The van der Waals surface area contributed by atoms with Crippen molar-refractivity contribution in [2.75, 3.05) is 33.0 Å². The molecule has 156 valence electrons. The van der Waals surface area contributed by atoms with Crippen molar-refractivity contribution in [1.82, 2.24) is 10.6 Å². The highest BCUT2D eigenvalue weighted by atomic mass is 19.1. The van der Waals surface area contributed by atoms with Gasteiger partial charge in [-0.3, -0.25) is 4.99 Å². The number of hydrogen-bond acceptors (Lipinski definition) is 4. The molecule has 0 fully saturated rings. The molecule has 0 atom stereocenters. The van der Waals surface area contributed by atoms with Gasteiger partial charge in [-0.05, 0) is 50.1 Å². The molecular weight excluding hydrogens is 373 g/mol. The van der Waals surface area contributed by atoms with Crippen LogP contribution in [0.15, 0.2) is 41.4 Å². The van der Waals surface area contributed by atoms with Crippen molar-refractivity contribution < 1.29 is 18.6 Å². The van der Waals surface area contributed by atoms with Gasteiger partial charge in [0.15, 0.2) is 12.8 Å². The molecule has 0 spiro atoms. The molecule has 7 heteroatoms. The third kappa shape index (κ3) is 6.35. The summed E-state index contributed by atoms with van der Waals surface area (Å²) in [5.74, 6) is 1.99. The highest BCUT2D eigenvalue weighted by Gasteiger charge is 2.16. The van der Waals surface area contributed by atoms with Crippen LogP contribution in [0.5, 0.6) is 11.5 Å². The maximum absolute atomic E-state index is 13.8. The molecule has 0 amide bonds. The lowest BCUT2D eigenvalue weighted by molar-refractivity contribution is -0.0172. The molecule has 29 heavy (non-hydrogen) atoms. The van der Waals surface area contributed by atoms with Crippen LogP contribution in [0.4, 0.5) is 4.39 Å². The fourth-order valence-electron chi connectivity index (χ4n) is 3.05. The quantitative estimate of drug-likeness (QED) is 0.404. The van der Waals surface area contributed by atoms with Crippen LogP contribution in [-0.4, -0.2) is 39.0 Å². The van der Waals surface area contributed by atoms with Crippen LogP contribution in [0.25, 0.3) is 0 Å². The highest BCUT2D eigenvalue weighted by molar-refractivity contribution is 5.79. The van der Waals surface area contributed by atoms with Gasteiger partial charge in [0, 0.05) is 18.7 Å². The highest BCUT2D eigenvalue weighted by Crippen LogP contribution is 2.29. The first-order chi connectivity index (χ1) is 14.2. The number of ether oxygens (including phenoxy) is 3. The van der Waals surface area contributed by atoms with Gasteiger partial charge in [0.2, 0.25) is 0 Å². The maximum Gasteiger partial charge on any atom is 0.191 e. The van der Waals surface area contributed by atoms with E-state index >= 15 is 0 Å². The third-order valence-corrected chi connectivity index (χ3v) is 4.43. The van der Waals surface area contributed by atoms with Gasteiger partial charge in [0.25, 0.3) is 0 Å². The van der Waals surface area contributed by atoms with Crippen molar-refractivity contribution in [1.29, 1.82) is 0 Å². The Bertz CT molecular complexity index is 825. The van der Waals surface area contributed by atoms with Crippen LogP contribution in [0, 0.1) is 12.7 Å². The van der Waals surface area contributed by atoms with Gasteiger partial charge in [-0.1, -0.05) is 17.7 Å². The average molecular weight is 401 g/mol. The van der Waals surface area contributed by atoms with E-state index in [0.29, 0.717) is 38.7 Å². The van der Waals surface area contributed by atoms with Crippen LogP contribution >= 0.6 is 0 Å². The summed E-state index contributed by atoms with van der Waals surface area (Å²) in [5, 5.41) is 6.46. The van der Waals surface area contributed by atoms with Gasteiger partial charge in [-0.25, -0.2) is 4.39 Å². The second-order valence-corrected chi connectivity index (χ2v) is 6.76. The number of nitrogens with one attached hydrogen (secondary N) is 2. The van der Waals surface area contributed by atoms with E-state index in [1.54, 1.807) is 0 Å². The Kier molecular flexibility index (Phi) is 7.69. The predicted octanol–water partition coefficient (Wildman–Crippen LogP) is 3.18. The van der Waals surface area contributed by atoms with Crippen LogP contribution in [-0.2, 0) is 17.8 Å². The summed E-state index contributed by atoms with van der Waals surface area (Å²) in [6, 6.07) is 10.9. The number of fused-ring (bicyclic) bond motifs is 1. The summed E-state index contributed by atoms with van der Waals surface area (Å²) >= 11 is 0. The van der Waals surface area contributed by atoms with E-state index in [-0.39, 0.29) is 12.6 Å². The minimum atomic E-state index is -0.282. The topological polar surface area (TPSA) is 64.1 Å². The van der Waals surface area contributed by atoms with E-state index in [2.05, 4.69) is 15.6 Å². The number of nitrogens with zero attached hydrogens (tertiary/aromatic N) is 1. The number of rotatable bonds is 8. The number of aliphatic imine (C=N–C) groups is 1. The lowest BCUT2D eigenvalue weighted by Crippen LogP contribution is -2.39. The minimum Gasteiger partial charge on any atom is -0.492 e. The molecule has 0 aliphatic carbocycles. The molecule has 0 bridgehead atoms. The van der Waals surface area contributed by atoms with E-state index in [0.717, 1.165) is 29.2 Å². The first kappa shape index (κ1) is 20.9. The molecule has 2 aromatic carbocycles. The van der Waals surface area contributed by atoms with Gasteiger partial charge in [-0.15, -0.1) is 0 Å². The number of benzene rings is 2. The molecule has 0 saturated carbocycles. The lowest BCUT2D eigenvalue weighted by atomic mass is 10.1. The third-order valence-electron chi connectivity index (χ3n) is 4.43. The Morgan fingerprint density at radius 1 is 1.21 bits per heavy atom. The van der Waals surface area contributed by atoms with Crippen LogP contribution < -0.4 is 20.1 Å². The summed E-state index contributed by atoms with van der Waals surface area (Å²) < 4.78 is 30.4. The van der Waals surface area contributed by atoms with Crippen molar-refractivity contribution in [3.8, 4) is 11.5 Å². The van der Waals surface area contributed by atoms with E-state index in [4.69, 9.17) is 14.2 Å². The first-order valence-electron chi connectivity index (χ1n) is 9.89. The molecule has 0 saturated heterocycles. The summed E-state index contributed by atoms with van der Waals surface area (Å²) in [5.41, 5.74) is 2.76. The Balaban J connectivity index is 1.50. The second-order valence-electron chi connectivity index (χ2n) is 6.76. The molecule has 1 aliphatic heterocycles. The van der Waals surface area contributed by atoms with Crippen molar-refractivity contribution in [2.24, 2.45) is 4.99 Å². The minimum absolute atomic E-state index is 0.195. The van der Waals surface area contributed by atoms with Crippen molar-refractivity contribution in [3.63, 3.8) is 0 Å². The van der Waals surface area contributed by atoms with Crippen molar-refractivity contribution in [2.45, 2.75) is 26.9 Å². The molecule has 1 aliphatic rings. The number of aryl methyl sites for hydroxylation is 1. The van der Waals surface area contributed by atoms with E-state index in [9.17, 15) is 4.39 Å². The van der Waals surface area contributed by atoms with Gasteiger partial charge in [-0.2, -0.15) is 0 Å². The van der Waals surface area contributed by atoms with Crippen LogP contribution in [0.2, 0.25) is 0 Å². The van der Waals surface area contributed by atoms with Gasteiger partial charge in [0.1, 0.15) is 23.9 Å². The Morgan fingerprint density at radius 2 is 2.03 bits per heavy atom. The summed E-state index contributed by atoms with van der Waals surface area (Å²) in [6.45, 7) is 7.03. The molecule has 0 radical (unpaired) electrons. The fraction of sp³-hybridized carbons (Fsp3) is 0.409. The molecule has 0 unspecified atom stereocenters. The zero-order valence-electron chi connectivity index (χ0n) is 17.0. The molecule has 2 N–H and O–H groups in total. The smallest absolute Gasteiger partial charge is 0.191 e. The summed E-state index contributed by atoms with van der Waals surface area (Å²) in [4.78, 5) is 4.57. The molecular formula is C22H28FN3O3. The zero-order valence-corrected chi connectivity index (χ0v) is 17.0. The van der Waals surface area contributed by atoms with Gasteiger partial charge < -0.3 is 24.8 Å². The molecule has 1 heterocycles. The summed E-state index contributed by atoms with van der Waals surface area (Å²) in [7, 11) is 0. The molecule has 2 aromatic rings. The van der Waals surface area contributed by atoms with Gasteiger partial charge >= 0.3 is 0 Å². The first-order valence-corrected chi connectivity index (χ1v) is 9.89. The van der Waals surface area contributed by atoms with Crippen LogP contribution in [0.3, 0.4) is 0 Å². The maximum atomic E-state index is 13.8. The van der Waals surface area contributed by atoms with Gasteiger partial charge in [0.05, 0.1) is 13.2 Å². The monoisotopic (exact) mass is 401 g/mol. The van der Waals surface area contributed by atoms with E-state index in [1.807, 2.05) is 38.1 Å². The standard InChI is InChI=1S/C22H28FN3O3/c1-3-24-22(26-10-11-28-20-6-4-16(2)5-7-20)25-9-8-17-12-19(23)13-18-14-27-15-29-21(17)18/h4-7,12-13H,3,8-11,14-15H2,1-2H3,(H2,24,25,26). The van der Waals surface area contributed by atoms with Crippen LogP contribution in [0.1, 0.15) is 23.6 Å². The number of guanidine groups is 1.